The van der Waals surface area contributed by atoms with Gasteiger partial charge in [0.05, 0.1) is 40.4 Å². The highest BCUT2D eigenvalue weighted by Gasteiger charge is 2.31. The molecule has 0 radical (unpaired) electrons. The summed E-state index contributed by atoms with van der Waals surface area (Å²) in [5, 5.41) is 2.61. The molecule has 0 saturated carbocycles. The molecule has 4 rings (SSSR count). The molecule has 0 aliphatic rings. The van der Waals surface area contributed by atoms with Crippen molar-refractivity contribution in [1.82, 2.24) is 14.5 Å². The Morgan fingerprint density at radius 3 is 2.79 bits per heavy atom. The third kappa shape index (κ3) is 5.09. The molecule has 33 heavy (non-hydrogen) atoms. The Morgan fingerprint density at radius 2 is 2.09 bits per heavy atom. The number of hydrogen-bond acceptors (Lipinski definition) is 5. The fourth-order valence-electron chi connectivity index (χ4n) is 3.13. The van der Waals surface area contributed by atoms with Gasteiger partial charge in [-0.15, -0.1) is 0 Å². The Morgan fingerprint density at radius 1 is 1.30 bits per heavy atom. The van der Waals surface area contributed by atoms with E-state index in [1.807, 2.05) is 0 Å². The third-order valence-corrected chi connectivity index (χ3v) is 5.94. The normalized spacial score (nSPS) is 11.8. The lowest BCUT2D eigenvalue weighted by atomic mass is 10.2. The van der Waals surface area contributed by atoms with E-state index in [1.165, 1.54) is 10.8 Å². The molecule has 172 valence electrons. The van der Waals surface area contributed by atoms with Crippen molar-refractivity contribution in [3.8, 4) is 0 Å². The molecule has 7 nitrogen and oxygen atoms in total. The van der Waals surface area contributed by atoms with E-state index in [-0.39, 0.29) is 33.7 Å². The first-order valence-electron chi connectivity index (χ1n) is 9.54. The summed E-state index contributed by atoms with van der Waals surface area (Å²) in [7, 11) is 0. The second-order valence-corrected chi connectivity index (χ2v) is 8.46. The van der Waals surface area contributed by atoms with E-state index >= 15 is 0 Å². The Bertz CT molecular complexity index is 1380. The van der Waals surface area contributed by atoms with Crippen LogP contribution in [0.5, 0.6) is 0 Å². The smallest absolute Gasteiger partial charge is 0.416 e. The Kier molecular flexibility index (Phi) is 6.26. The summed E-state index contributed by atoms with van der Waals surface area (Å²) in [6, 6.07) is 7.76. The number of H-pyrrole nitrogens is 1. The van der Waals surface area contributed by atoms with Gasteiger partial charge in [-0.1, -0.05) is 23.4 Å². The zero-order valence-corrected chi connectivity index (χ0v) is 18.6. The standard InChI is InChI=1S/C21H16ClF3N4O3S/c1-11-7-16-18(26-11)19(31)29(9-13-3-2-6-32-13)20(28-16)33-10-17(30)27-15-8-12(21(23,24)25)4-5-14(15)22/h2-8,26H,9-10H2,1H3,(H,27,30). The number of benzene rings is 1. The molecule has 1 amide bonds. The second-order valence-electron chi connectivity index (χ2n) is 7.11. The van der Waals surface area contributed by atoms with Gasteiger partial charge in [-0.05, 0) is 43.3 Å². The molecule has 3 heterocycles. The molecule has 0 unspecified atom stereocenters. The second kappa shape index (κ2) is 8.99. The largest absolute Gasteiger partial charge is 0.467 e. The molecule has 2 N–H and O–H groups in total. The molecule has 0 bridgehead atoms. The van der Waals surface area contributed by atoms with Crippen molar-refractivity contribution in [3.63, 3.8) is 0 Å². The number of amides is 1. The van der Waals surface area contributed by atoms with Crippen molar-refractivity contribution < 1.29 is 22.4 Å². The van der Waals surface area contributed by atoms with Gasteiger partial charge >= 0.3 is 6.18 Å². The van der Waals surface area contributed by atoms with E-state index in [2.05, 4.69) is 15.3 Å². The van der Waals surface area contributed by atoms with Crippen LogP contribution in [0.1, 0.15) is 17.0 Å². The number of nitrogens with zero attached hydrogens (tertiary/aromatic N) is 2. The van der Waals surface area contributed by atoms with E-state index < -0.39 is 17.6 Å². The van der Waals surface area contributed by atoms with Crippen molar-refractivity contribution in [3.05, 3.63) is 75.1 Å². The zero-order chi connectivity index (χ0) is 23.8. The monoisotopic (exact) mass is 496 g/mol. The molecule has 3 aromatic heterocycles. The molecule has 0 aliphatic heterocycles. The molecule has 0 aliphatic carbocycles. The maximum atomic E-state index is 13.0. The lowest BCUT2D eigenvalue weighted by Gasteiger charge is -2.13. The highest BCUT2D eigenvalue weighted by atomic mass is 35.5. The minimum Gasteiger partial charge on any atom is -0.467 e. The maximum absolute atomic E-state index is 13.0. The van der Waals surface area contributed by atoms with Gasteiger partial charge in [0.15, 0.2) is 5.16 Å². The maximum Gasteiger partial charge on any atom is 0.416 e. The topological polar surface area (TPSA) is 92.9 Å². The number of carbonyl (C=O) groups excluding carboxylic acids is 1. The van der Waals surface area contributed by atoms with E-state index in [1.54, 1.807) is 25.1 Å². The number of furan rings is 1. The van der Waals surface area contributed by atoms with E-state index in [4.69, 9.17) is 16.0 Å². The highest BCUT2D eigenvalue weighted by molar-refractivity contribution is 7.99. The van der Waals surface area contributed by atoms with Crippen LogP contribution in [0.15, 0.2) is 57.0 Å². The Balaban J connectivity index is 1.58. The first-order valence-corrected chi connectivity index (χ1v) is 10.9. The number of thioether (sulfide) groups is 1. The molecule has 0 atom stereocenters. The lowest BCUT2D eigenvalue weighted by Crippen LogP contribution is -2.24. The molecule has 1 aromatic carbocycles. The first kappa shape index (κ1) is 23.0. The van der Waals surface area contributed by atoms with Crippen molar-refractivity contribution in [2.45, 2.75) is 24.8 Å². The number of alkyl halides is 3. The quantitative estimate of drug-likeness (QED) is 0.287. The predicted octanol–water partition coefficient (Wildman–Crippen LogP) is 5.08. The van der Waals surface area contributed by atoms with Crippen LogP contribution in [0.25, 0.3) is 11.0 Å². The van der Waals surface area contributed by atoms with Gasteiger partial charge in [-0.25, -0.2) is 4.98 Å². The number of anilines is 1. The average Bonchev–Trinajstić information content (AvgIpc) is 3.38. The molecular weight excluding hydrogens is 481 g/mol. The fourth-order valence-corrected chi connectivity index (χ4v) is 4.10. The van der Waals surface area contributed by atoms with Gasteiger partial charge < -0.3 is 14.7 Å². The summed E-state index contributed by atoms with van der Waals surface area (Å²) in [4.78, 5) is 32.9. The van der Waals surface area contributed by atoms with E-state index in [0.717, 1.165) is 35.7 Å². The number of nitrogens with one attached hydrogen (secondary N) is 2. The van der Waals surface area contributed by atoms with Crippen molar-refractivity contribution in [1.29, 1.82) is 0 Å². The van der Waals surface area contributed by atoms with Crippen LogP contribution in [0, 0.1) is 6.92 Å². The van der Waals surface area contributed by atoms with Crippen LogP contribution >= 0.6 is 23.4 Å². The van der Waals surface area contributed by atoms with Crippen molar-refractivity contribution in [2.75, 3.05) is 11.1 Å². The highest BCUT2D eigenvalue weighted by Crippen LogP contribution is 2.34. The Labute approximate surface area is 194 Å². The summed E-state index contributed by atoms with van der Waals surface area (Å²) in [5.41, 5.74) is 0.0824. The number of fused-ring (bicyclic) bond motifs is 1. The lowest BCUT2D eigenvalue weighted by molar-refractivity contribution is -0.137. The van der Waals surface area contributed by atoms with E-state index in [9.17, 15) is 22.8 Å². The van der Waals surface area contributed by atoms with Crippen molar-refractivity contribution >= 4 is 46.0 Å². The number of hydrogen-bond donors (Lipinski definition) is 2. The third-order valence-electron chi connectivity index (χ3n) is 4.63. The van der Waals surface area contributed by atoms with Gasteiger partial charge in [-0.3, -0.25) is 14.2 Å². The van der Waals surface area contributed by atoms with Gasteiger partial charge in [0, 0.05) is 5.69 Å². The number of halogens is 4. The van der Waals surface area contributed by atoms with Crippen LogP contribution in [-0.2, 0) is 17.5 Å². The SMILES string of the molecule is Cc1cc2nc(SCC(=O)Nc3cc(C(F)(F)F)ccc3Cl)n(Cc3ccco3)c(=O)c2[nH]1. The van der Waals surface area contributed by atoms with Crippen LogP contribution in [0.3, 0.4) is 0 Å². The number of aryl methyl sites for hydroxylation is 1. The number of aromatic nitrogens is 3. The minimum absolute atomic E-state index is 0.0292. The number of aromatic amines is 1. The van der Waals surface area contributed by atoms with Crippen molar-refractivity contribution in [2.24, 2.45) is 0 Å². The minimum atomic E-state index is -4.57. The summed E-state index contributed by atoms with van der Waals surface area (Å²) in [6.45, 7) is 1.88. The summed E-state index contributed by atoms with van der Waals surface area (Å²) in [6.07, 6.45) is -3.10. The van der Waals surface area contributed by atoms with Crippen LogP contribution in [-0.4, -0.2) is 26.2 Å². The summed E-state index contributed by atoms with van der Waals surface area (Å²) >= 11 is 6.91. The first-order chi connectivity index (χ1) is 15.6. The fraction of sp³-hybridized carbons (Fsp3) is 0.190. The van der Waals surface area contributed by atoms with E-state index in [0.29, 0.717) is 16.8 Å². The van der Waals surface area contributed by atoms with Gasteiger partial charge in [-0.2, -0.15) is 13.2 Å². The zero-order valence-electron chi connectivity index (χ0n) is 17.0. The summed E-state index contributed by atoms with van der Waals surface area (Å²) in [5.74, 6) is -0.305. The van der Waals surface area contributed by atoms with Crippen LogP contribution < -0.4 is 10.9 Å². The number of rotatable bonds is 6. The van der Waals surface area contributed by atoms with Gasteiger partial charge in [0.1, 0.15) is 11.3 Å². The summed E-state index contributed by atoms with van der Waals surface area (Å²) < 4.78 is 45.6. The van der Waals surface area contributed by atoms with Crippen LogP contribution in [0.4, 0.5) is 18.9 Å². The van der Waals surface area contributed by atoms with Crippen LogP contribution in [0.2, 0.25) is 5.02 Å². The molecule has 0 spiro atoms. The molecule has 0 fully saturated rings. The molecular formula is C21H16ClF3N4O3S. The predicted molar refractivity (Wildman–Crippen MR) is 119 cm³/mol. The van der Waals surface area contributed by atoms with Gasteiger partial charge in [0.2, 0.25) is 5.91 Å². The molecule has 4 aromatic rings. The Hall–Kier alpha value is -3.18. The average molecular weight is 497 g/mol. The molecule has 12 heteroatoms. The van der Waals surface area contributed by atoms with Gasteiger partial charge in [0.25, 0.3) is 5.56 Å². The number of carbonyl (C=O) groups is 1. The molecule has 0 saturated heterocycles.